The molecule has 2 aromatic rings. The van der Waals surface area contributed by atoms with E-state index in [1.165, 1.54) is 6.07 Å². The van der Waals surface area contributed by atoms with E-state index in [0.29, 0.717) is 38.4 Å². The van der Waals surface area contributed by atoms with E-state index in [-0.39, 0.29) is 17.2 Å². The molecular formula is C16H20N2O6. The minimum atomic E-state index is -0.391. The van der Waals surface area contributed by atoms with E-state index in [2.05, 4.69) is 0 Å². The van der Waals surface area contributed by atoms with Gasteiger partial charge in [0.2, 0.25) is 0 Å². The van der Waals surface area contributed by atoms with Crippen molar-refractivity contribution in [2.24, 2.45) is 0 Å². The maximum atomic E-state index is 11.0. The first-order chi connectivity index (χ1) is 11.6. The first-order valence-electron chi connectivity index (χ1n) is 7.67. The molecule has 8 nitrogen and oxygen atoms in total. The summed E-state index contributed by atoms with van der Waals surface area (Å²) in [4.78, 5) is 21.7. The van der Waals surface area contributed by atoms with Crippen LogP contribution in [0.3, 0.4) is 0 Å². The maximum absolute atomic E-state index is 11.0. The number of esters is 1. The number of fused-ring (bicyclic) bond motifs is 1. The predicted octanol–water partition coefficient (Wildman–Crippen LogP) is 2.15. The lowest BCUT2D eigenvalue weighted by molar-refractivity contribution is -0.383. The van der Waals surface area contributed by atoms with E-state index >= 15 is 0 Å². The minimum Gasteiger partial charge on any atom is -0.464 e. The van der Waals surface area contributed by atoms with Gasteiger partial charge in [0, 0.05) is 18.8 Å². The zero-order valence-corrected chi connectivity index (χ0v) is 13.5. The van der Waals surface area contributed by atoms with Crippen molar-refractivity contribution in [3.8, 4) is 0 Å². The van der Waals surface area contributed by atoms with E-state index < -0.39 is 5.97 Å². The van der Waals surface area contributed by atoms with Crippen molar-refractivity contribution in [2.75, 3.05) is 33.0 Å². The van der Waals surface area contributed by atoms with Gasteiger partial charge in [-0.2, -0.15) is 0 Å². The first kappa shape index (κ1) is 17.9. The summed E-state index contributed by atoms with van der Waals surface area (Å²) >= 11 is 0. The monoisotopic (exact) mass is 336 g/mol. The van der Waals surface area contributed by atoms with Crippen LogP contribution in [0.5, 0.6) is 0 Å². The highest BCUT2D eigenvalue weighted by atomic mass is 16.6. The molecule has 0 bridgehead atoms. The van der Waals surface area contributed by atoms with Gasteiger partial charge in [-0.1, -0.05) is 6.07 Å². The number of hydrogen-bond donors (Lipinski definition) is 0. The molecule has 0 saturated heterocycles. The minimum absolute atomic E-state index is 0.0803. The topological polar surface area (TPSA) is 92.8 Å². The molecule has 0 aliphatic rings. The molecule has 24 heavy (non-hydrogen) atoms. The average Bonchev–Trinajstić information content (AvgIpc) is 2.97. The molecule has 2 rings (SSSR count). The van der Waals surface area contributed by atoms with Gasteiger partial charge in [-0.05, 0) is 19.1 Å². The molecule has 1 heterocycles. The lowest BCUT2D eigenvalue weighted by Crippen LogP contribution is -2.15. The molecule has 0 saturated carbocycles. The number of nitrogens with zero attached hydrogens (tertiary/aromatic N) is 2. The molecule has 130 valence electrons. The molecule has 1 aromatic carbocycles. The molecule has 0 aliphatic heterocycles. The van der Waals surface area contributed by atoms with Crippen molar-refractivity contribution in [1.29, 1.82) is 0 Å². The second-order valence-corrected chi connectivity index (χ2v) is 4.95. The van der Waals surface area contributed by atoms with Crippen molar-refractivity contribution in [3.05, 3.63) is 40.6 Å². The highest BCUT2D eigenvalue weighted by Gasteiger charge is 2.13. The normalized spacial score (nSPS) is 10.9. The number of nitro benzene ring substituents is 1. The van der Waals surface area contributed by atoms with Crippen LogP contribution in [0.2, 0.25) is 0 Å². The molecule has 0 radical (unpaired) electrons. The average molecular weight is 336 g/mol. The van der Waals surface area contributed by atoms with Crippen molar-refractivity contribution in [2.45, 2.75) is 13.5 Å². The van der Waals surface area contributed by atoms with Crippen LogP contribution in [0, 0.1) is 10.1 Å². The van der Waals surface area contributed by atoms with Crippen LogP contribution in [0.4, 0.5) is 5.69 Å². The number of rotatable bonds is 10. The van der Waals surface area contributed by atoms with Crippen LogP contribution in [0.15, 0.2) is 30.5 Å². The van der Waals surface area contributed by atoms with Gasteiger partial charge in [-0.15, -0.1) is 0 Å². The summed E-state index contributed by atoms with van der Waals surface area (Å²) < 4.78 is 17.2. The number of carbonyl (C=O) groups is 1. The molecule has 0 fully saturated rings. The molecule has 0 spiro atoms. The van der Waals surface area contributed by atoms with E-state index in [1.807, 2.05) is 10.6 Å². The maximum Gasteiger partial charge on any atom is 0.332 e. The molecule has 0 unspecified atom stereocenters. The summed E-state index contributed by atoms with van der Waals surface area (Å²) in [6, 6.07) is 6.73. The number of carbonyl (C=O) groups excluding carboxylic acids is 1. The summed E-state index contributed by atoms with van der Waals surface area (Å²) in [7, 11) is 0. The lowest BCUT2D eigenvalue weighted by Gasteiger charge is -2.07. The largest absolute Gasteiger partial charge is 0.464 e. The van der Waals surface area contributed by atoms with Gasteiger partial charge in [-0.25, -0.2) is 4.79 Å². The Morgan fingerprint density at radius 2 is 2.00 bits per heavy atom. The summed E-state index contributed by atoms with van der Waals surface area (Å²) in [5.41, 5.74) is 0.894. The number of ether oxygens (including phenoxy) is 3. The van der Waals surface area contributed by atoms with E-state index in [0.717, 1.165) is 5.52 Å². The Bertz CT molecular complexity index is 697. The fourth-order valence-electron chi connectivity index (χ4n) is 2.30. The molecule has 0 aliphatic carbocycles. The van der Waals surface area contributed by atoms with Gasteiger partial charge in [0.15, 0.2) is 0 Å². The molecule has 0 N–H and O–H groups in total. The van der Waals surface area contributed by atoms with Crippen LogP contribution in [-0.2, 0) is 25.5 Å². The summed E-state index contributed by atoms with van der Waals surface area (Å²) in [6.45, 7) is 3.67. The van der Waals surface area contributed by atoms with Gasteiger partial charge in [0.1, 0.15) is 6.61 Å². The number of aromatic nitrogens is 1. The van der Waals surface area contributed by atoms with Gasteiger partial charge in [0.25, 0.3) is 5.69 Å². The van der Waals surface area contributed by atoms with Crippen LogP contribution in [-0.4, -0.2) is 48.5 Å². The molecule has 1 aromatic heterocycles. The Kier molecular flexibility index (Phi) is 6.71. The third-order valence-corrected chi connectivity index (χ3v) is 3.36. The first-order valence-corrected chi connectivity index (χ1v) is 7.67. The van der Waals surface area contributed by atoms with Crippen LogP contribution >= 0.6 is 0 Å². The van der Waals surface area contributed by atoms with Gasteiger partial charge < -0.3 is 18.8 Å². The molecule has 8 heteroatoms. The van der Waals surface area contributed by atoms with E-state index in [1.54, 1.807) is 25.3 Å². The Morgan fingerprint density at radius 3 is 2.75 bits per heavy atom. The second-order valence-electron chi connectivity index (χ2n) is 4.95. The highest BCUT2D eigenvalue weighted by Crippen LogP contribution is 2.26. The van der Waals surface area contributed by atoms with Crippen molar-refractivity contribution in [3.63, 3.8) is 0 Å². The Hall–Kier alpha value is -2.45. The lowest BCUT2D eigenvalue weighted by atomic mass is 10.2. The Balaban J connectivity index is 1.74. The predicted molar refractivity (Wildman–Crippen MR) is 86.9 cm³/mol. The quantitative estimate of drug-likeness (QED) is 0.286. The van der Waals surface area contributed by atoms with Crippen molar-refractivity contribution >= 4 is 22.6 Å². The summed E-state index contributed by atoms with van der Waals surface area (Å²) in [6.07, 6.45) is 1.80. The third-order valence-electron chi connectivity index (χ3n) is 3.36. The van der Waals surface area contributed by atoms with Crippen LogP contribution in [0.1, 0.15) is 6.92 Å². The molecular weight excluding hydrogens is 316 g/mol. The van der Waals surface area contributed by atoms with Crippen molar-refractivity contribution < 1.29 is 23.9 Å². The number of benzene rings is 1. The SMILES string of the molecule is CCOC(=O)COCCOCCn1ccc2c([N+](=O)[O-])cccc21. The van der Waals surface area contributed by atoms with E-state index in [4.69, 9.17) is 14.2 Å². The van der Waals surface area contributed by atoms with Crippen molar-refractivity contribution in [1.82, 2.24) is 4.57 Å². The molecule has 0 atom stereocenters. The number of non-ortho nitro benzene ring substituents is 1. The number of hydrogen-bond acceptors (Lipinski definition) is 6. The summed E-state index contributed by atoms with van der Waals surface area (Å²) in [5.74, 6) is -0.391. The zero-order valence-electron chi connectivity index (χ0n) is 13.5. The van der Waals surface area contributed by atoms with Crippen LogP contribution in [0.25, 0.3) is 10.9 Å². The highest BCUT2D eigenvalue weighted by molar-refractivity contribution is 5.89. The second kappa shape index (κ2) is 8.99. The zero-order chi connectivity index (χ0) is 17.4. The number of nitro groups is 1. The van der Waals surface area contributed by atoms with Gasteiger partial charge >= 0.3 is 5.97 Å². The van der Waals surface area contributed by atoms with Gasteiger partial charge in [0.05, 0.1) is 42.3 Å². The summed E-state index contributed by atoms with van der Waals surface area (Å²) in [5, 5.41) is 11.6. The van der Waals surface area contributed by atoms with E-state index in [9.17, 15) is 14.9 Å². The Labute approximate surface area is 139 Å². The fraction of sp³-hybridized carbons (Fsp3) is 0.438. The molecule has 0 amide bonds. The third kappa shape index (κ3) is 4.77. The smallest absolute Gasteiger partial charge is 0.332 e. The fourth-order valence-corrected chi connectivity index (χ4v) is 2.30. The van der Waals surface area contributed by atoms with Gasteiger partial charge in [-0.3, -0.25) is 10.1 Å². The standard InChI is InChI=1S/C16H20N2O6/c1-2-24-16(19)12-23-11-10-22-9-8-17-7-6-13-14(17)4-3-5-15(13)18(20)21/h3-7H,2,8-12H2,1H3. The van der Waals surface area contributed by atoms with Crippen LogP contribution < -0.4 is 0 Å². The Morgan fingerprint density at radius 1 is 1.21 bits per heavy atom.